The van der Waals surface area contributed by atoms with Crippen LogP contribution in [-0.4, -0.2) is 11.5 Å². The Morgan fingerprint density at radius 3 is 2.92 bits per heavy atom. The maximum Gasteiger partial charge on any atom is 0.0190 e. The minimum Gasteiger partial charge on any atom is -0.153 e. The molecule has 0 saturated heterocycles. The number of rotatable bonds is 1. The van der Waals surface area contributed by atoms with Crippen LogP contribution in [0.1, 0.15) is 11.1 Å². The van der Waals surface area contributed by atoms with Crippen LogP contribution in [0.25, 0.3) is 5.57 Å². The summed E-state index contributed by atoms with van der Waals surface area (Å²) in [5.74, 6) is 2.37. The second-order valence-electron chi connectivity index (χ2n) is 3.11. The average Bonchev–Trinajstić information content (AvgIpc) is 2.56. The Kier molecular flexibility index (Phi) is 2.22. The van der Waals surface area contributed by atoms with Crippen molar-refractivity contribution in [3.63, 3.8) is 0 Å². The third-order valence-electron chi connectivity index (χ3n) is 2.09. The fourth-order valence-corrected chi connectivity index (χ4v) is 2.37. The van der Waals surface area contributed by atoms with E-state index in [4.69, 9.17) is 0 Å². The normalized spacial score (nSPS) is 16.2. The molecule has 0 N–H and O–H groups in total. The van der Waals surface area contributed by atoms with Crippen molar-refractivity contribution in [2.45, 2.75) is 6.92 Å². The molecule has 0 fully saturated rings. The molecule has 12 heavy (non-hydrogen) atoms. The summed E-state index contributed by atoms with van der Waals surface area (Å²) in [5, 5.41) is 0. The first-order chi connectivity index (χ1) is 5.86. The molecule has 62 valence electrons. The van der Waals surface area contributed by atoms with E-state index in [1.54, 1.807) is 0 Å². The van der Waals surface area contributed by atoms with Gasteiger partial charge < -0.3 is 0 Å². The van der Waals surface area contributed by atoms with Crippen molar-refractivity contribution in [3.05, 3.63) is 41.5 Å². The molecular formula is C11H12S. The third-order valence-corrected chi connectivity index (χ3v) is 3.01. The van der Waals surface area contributed by atoms with E-state index in [-0.39, 0.29) is 0 Å². The van der Waals surface area contributed by atoms with E-state index in [0.717, 1.165) is 0 Å². The number of aryl methyl sites for hydroxylation is 1. The maximum absolute atomic E-state index is 2.33. The molecule has 0 unspecified atom stereocenters. The zero-order valence-electron chi connectivity index (χ0n) is 7.21. The molecule has 1 aromatic rings. The highest BCUT2D eigenvalue weighted by Crippen LogP contribution is 2.26. The molecule has 1 heteroatoms. The van der Waals surface area contributed by atoms with Gasteiger partial charge in [0.25, 0.3) is 0 Å². The van der Waals surface area contributed by atoms with Crippen LogP contribution >= 0.6 is 11.8 Å². The van der Waals surface area contributed by atoms with E-state index < -0.39 is 0 Å². The Bertz CT molecular complexity index is 313. The second-order valence-corrected chi connectivity index (χ2v) is 4.14. The summed E-state index contributed by atoms with van der Waals surface area (Å²) in [4.78, 5) is 0. The molecular weight excluding hydrogens is 164 g/mol. The Morgan fingerprint density at radius 1 is 1.33 bits per heavy atom. The maximum atomic E-state index is 2.33. The van der Waals surface area contributed by atoms with Crippen molar-refractivity contribution in [1.29, 1.82) is 0 Å². The lowest BCUT2D eigenvalue weighted by Crippen LogP contribution is -1.83. The summed E-state index contributed by atoms with van der Waals surface area (Å²) < 4.78 is 0. The lowest BCUT2D eigenvalue weighted by molar-refractivity contribution is 1.44. The average molecular weight is 176 g/mol. The number of thioether (sulfide) groups is 1. The first-order valence-corrected chi connectivity index (χ1v) is 5.35. The Labute approximate surface area is 77.7 Å². The van der Waals surface area contributed by atoms with Crippen LogP contribution in [0, 0.1) is 6.92 Å². The summed E-state index contributed by atoms with van der Waals surface area (Å²) in [6.07, 6.45) is 2.33. The molecule has 0 atom stereocenters. The highest BCUT2D eigenvalue weighted by Gasteiger charge is 2.06. The molecule has 2 rings (SSSR count). The number of hydrogen-bond acceptors (Lipinski definition) is 1. The summed E-state index contributed by atoms with van der Waals surface area (Å²) in [7, 11) is 0. The molecule has 1 aliphatic heterocycles. The fourth-order valence-electron chi connectivity index (χ4n) is 1.43. The highest BCUT2D eigenvalue weighted by atomic mass is 32.2. The van der Waals surface area contributed by atoms with Crippen LogP contribution < -0.4 is 0 Å². The van der Waals surface area contributed by atoms with Gasteiger partial charge in [-0.25, -0.2) is 0 Å². The zero-order chi connectivity index (χ0) is 8.39. The van der Waals surface area contributed by atoms with Crippen molar-refractivity contribution < 1.29 is 0 Å². The lowest BCUT2D eigenvalue weighted by Gasteiger charge is -2.01. The van der Waals surface area contributed by atoms with Crippen molar-refractivity contribution in [2.24, 2.45) is 0 Å². The summed E-state index contributed by atoms with van der Waals surface area (Å²) in [6, 6.07) is 8.74. The summed E-state index contributed by atoms with van der Waals surface area (Å²) in [5.41, 5.74) is 4.26. The highest BCUT2D eigenvalue weighted by molar-refractivity contribution is 8.00. The Balaban J connectivity index is 2.33. The molecule has 1 heterocycles. The molecule has 1 aromatic carbocycles. The fraction of sp³-hybridized carbons (Fsp3) is 0.273. The van der Waals surface area contributed by atoms with Crippen LogP contribution in [0.4, 0.5) is 0 Å². The van der Waals surface area contributed by atoms with Gasteiger partial charge in [-0.1, -0.05) is 35.9 Å². The Morgan fingerprint density at radius 2 is 2.25 bits per heavy atom. The predicted octanol–water partition coefficient (Wildman–Crippen LogP) is 3.13. The van der Waals surface area contributed by atoms with Crippen LogP contribution in [0.2, 0.25) is 0 Å². The molecule has 0 aromatic heterocycles. The number of hydrogen-bond donors (Lipinski definition) is 0. The second kappa shape index (κ2) is 3.36. The minimum absolute atomic E-state index is 1.18. The molecule has 0 amide bonds. The standard InChI is InChI=1S/C11H12S/c1-9-3-2-4-10(7-9)11-5-6-12-8-11/h2-5,7H,6,8H2,1H3. The van der Waals surface area contributed by atoms with E-state index >= 15 is 0 Å². The van der Waals surface area contributed by atoms with E-state index in [9.17, 15) is 0 Å². The van der Waals surface area contributed by atoms with Gasteiger partial charge in [0.1, 0.15) is 0 Å². The molecule has 1 aliphatic rings. The van der Waals surface area contributed by atoms with Gasteiger partial charge in [0.2, 0.25) is 0 Å². The van der Waals surface area contributed by atoms with Crippen LogP contribution in [-0.2, 0) is 0 Å². The SMILES string of the molecule is Cc1cccc(C2=CCSC2)c1. The van der Waals surface area contributed by atoms with Gasteiger partial charge in [0.05, 0.1) is 0 Å². The monoisotopic (exact) mass is 176 g/mol. The van der Waals surface area contributed by atoms with Crippen molar-refractivity contribution >= 4 is 17.3 Å². The molecule has 0 aliphatic carbocycles. The summed E-state index contributed by atoms with van der Waals surface area (Å²) in [6.45, 7) is 2.14. The largest absolute Gasteiger partial charge is 0.153 e. The third kappa shape index (κ3) is 1.56. The topological polar surface area (TPSA) is 0 Å². The quantitative estimate of drug-likeness (QED) is 0.633. The molecule has 0 saturated carbocycles. The van der Waals surface area contributed by atoms with E-state index in [1.807, 2.05) is 11.8 Å². The Hall–Kier alpha value is -0.690. The van der Waals surface area contributed by atoms with Crippen molar-refractivity contribution in [1.82, 2.24) is 0 Å². The van der Waals surface area contributed by atoms with Gasteiger partial charge in [-0.05, 0) is 18.1 Å². The van der Waals surface area contributed by atoms with Gasteiger partial charge in [0, 0.05) is 11.5 Å². The summed E-state index contributed by atoms with van der Waals surface area (Å²) >= 11 is 1.99. The smallest absolute Gasteiger partial charge is 0.0190 e. The molecule has 0 nitrogen and oxygen atoms in total. The van der Waals surface area contributed by atoms with Crippen molar-refractivity contribution in [2.75, 3.05) is 11.5 Å². The van der Waals surface area contributed by atoms with Gasteiger partial charge in [-0.15, -0.1) is 0 Å². The van der Waals surface area contributed by atoms with E-state index in [1.165, 1.54) is 28.2 Å². The van der Waals surface area contributed by atoms with Crippen LogP contribution in [0.5, 0.6) is 0 Å². The zero-order valence-corrected chi connectivity index (χ0v) is 8.03. The van der Waals surface area contributed by atoms with Crippen LogP contribution in [0.3, 0.4) is 0 Å². The van der Waals surface area contributed by atoms with Crippen LogP contribution in [0.15, 0.2) is 30.3 Å². The molecule has 0 radical (unpaired) electrons. The van der Waals surface area contributed by atoms with Gasteiger partial charge >= 0.3 is 0 Å². The van der Waals surface area contributed by atoms with E-state index in [0.29, 0.717) is 0 Å². The predicted molar refractivity (Wildman–Crippen MR) is 56.5 cm³/mol. The minimum atomic E-state index is 1.18. The lowest BCUT2D eigenvalue weighted by atomic mass is 10.1. The van der Waals surface area contributed by atoms with Gasteiger partial charge in [-0.2, -0.15) is 11.8 Å². The van der Waals surface area contributed by atoms with Crippen molar-refractivity contribution in [3.8, 4) is 0 Å². The first-order valence-electron chi connectivity index (χ1n) is 4.20. The molecule has 0 spiro atoms. The number of benzene rings is 1. The van der Waals surface area contributed by atoms with E-state index in [2.05, 4.69) is 37.3 Å². The first kappa shape index (κ1) is 7.93. The molecule has 0 bridgehead atoms. The van der Waals surface area contributed by atoms with Gasteiger partial charge in [0.15, 0.2) is 0 Å². The van der Waals surface area contributed by atoms with Gasteiger partial charge in [-0.3, -0.25) is 0 Å².